The molecule has 0 saturated heterocycles. The van der Waals surface area contributed by atoms with Crippen molar-refractivity contribution < 1.29 is 17.0 Å². The Morgan fingerprint density at radius 1 is 1.38 bits per heavy atom. The molecule has 0 aliphatic rings. The Morgan fingerprint density at radius 2 is 2.08 bits per heavy atom. The number of rotatable bonds is 4. The molecule has 0 spiro atoms. The van der Waals surface area contributed by atoms with E-state index in [2.05, 4.69) is 48.8 Å². The molecule has 0 N–H and O–H groups in total. The van der Waals surface area contributed by atoms with E-state index < -0.39 is 0 Å². The smallest absolute Gasteiger partial charge is 0.243 e. The van der Waals surface area contributed by atoms with E-state index in [9.17, 15) is 0 Å². The lowest BCUT2D eigenvalue weighted by Gasteiger charge is -2.01. The molecule has 1 rings (SSSR count). The molecular formula is C10H19ClN2. The Morgan fingerprint density at radius 3 is 2.54 bits per heavy atom. The minimum absolute atomic E-state index is 0. The van der Waals surface area contributed by atoms with Crippen molar-refractivity contribution in [2.24, 2.45) is 13.0 Å². The van der Waals surface area contributed by atoms with Crippen LogP contribution in [0.2, 0.25) is 0 Å². The number of halogens is 1. The molecule has 3 heteroatoms. The standard InChI is InChI=1S/C10H19N2.ClH/c1-10(2)5-4-6-12-8-7-11(3)9-12;/h7-10H,4-6H2,1-3H3;1H/q+1;/p-1. The summed E-state index contributed by atoms with van der Waals surface area (Å²) >= 11 is 0. The Labute approximate surface area is 87.0 Å². The van der Waals surface area contributed by atoms with Gasteiger partial charge < -0.3 is 12.4 Å². The third kappa shape index (κ3) is 4.94. The molecule has 0 amide bonds. The number of imidazole rings is 1. The Bertz CT molecular complexity index is 231. The van der Waals surface area contributed by atoms with Crippen LogP contribution in [0.3, 0.4) is 0 Å². The highest BCUT2D eigenvalue weighted by Gasteiger charge is 2.00. The highest BCUT2D eigenvalue weighted by Crippen LogP contribution is 2.04. The summed E-state index contributed by atoms with van der Waals surface area (Å²) in [6.45, 7) is 5.70. The predicted octanol–water partition coefficient (Wildman–Crippen LogP) is -1.25. The van der Waals surface area contributed by atoms with Crippen LogP contribution in [0.4, 0.5) is 0 Å². The lowest BCUT2D eigenvalue weighted by molar-refractivity contribution is -0.671. The summed E-state index contributed by atoms with van der Waals surface area (Å²) in [6, 6.07) is 0. The minimum Gasteiger partial charge on any atom is -1.00 e. The molecule has 0 aliphatic carbocycles. The van der Waals surface area contributed by atoms with Crippen molar-refractivity contribution in [1.29, 1.82) is 0 Å². The van der Waals surface area contributed by atoms with E-state index in [0.29, 0.717) is 0 Å². The second-order valence-electron chi connectivity index (χ2n) is 3.85. The fourth-order valence-electron chi connectivity index (χ4n) is 1.32. The summed E-state index contributed by atoms with van der Waals surface area (Å²) < 4.78 is 4.32. The highest BCUT2D eigenvalue weighted by atomic mass is 35.5. The van der Waals surface area contributed by atoms with E-state index in [1.54, 1.807) is 0 Å². The first kappa shape index (κ1) is 12.5. The van der Waals surface area contributed by atoms with Crippen molar-refractivity contribution in [3.63, 3.8) is 0 Å². The van der Waals surface area contributed by atoms with Gasteiger partial charge in [0.25, 0.3) is 0 Å². The van der Waals surface area contributed by atoms with E-state index in [0.717, 1.165) is 12.5 Å². The number of nitrogens with zero attached hydrogens (tertiary/aromatic N) is 2. The molecule has 0 radical (unpaired) electrons. The molecule has 13 heavy (non-hydrogen) atoms. The van der Waals surface area contributed by atoms with E-state index in [4.69, 9.17) is 0 Å². The summed E-state index contributed by atoms with van der Waals surface area (Å²) in [4.78, 5) is 0. The summed E-state index contributed by atoms with van der Waals surface area (Å²) in [5, 5.41) is 0. The molecule has 76 valence electrons. The van der Waals surface area contributed by atoms with Gasteiger partial charge >= 0.3 is 0 Å². The third-order valence-electron chi connectivity index (χ3n) is 2.02. The van der Waals surface area contributed by atoms with Crippen LogP contribution in [0, 0.1) is 5.92 Å². The lowest BCUT2D eigenvalue weighted by Crippen LogP contribution is -3.00. The van der Waals surface area contributed by atoms with Crippen molar-refractivity contribution in [3.8, 4) is 0 Å². The molecule has 0 aromatic carbocycles. The van der Waals surface area contributed by atoms with Crippen LogP contribution in [-0.4, -0.2) is 4.57 Å². The van der Waals surface area contributed by atoms with Crippen LogP contribution in [0.15, 0.2) is 18.7 Å². The molecule has 0 bridgehead atoms. The molecule has 0 atom stereocenters. The van der Waals surface area contributed by atoms with Gasteiger partial charge in [-0.15, -0.1) is 0 Å². The summed E-state index contributed by atoms with van der Waals surface area (Å²) in [5.74, 6) is 0.828. The van der Waals surface area contributed by atoms with Gasteiger partial charge in [0, 0.05) is 0 Å². The molecule has 0 fully saturated rings. The number of hydrogen-bond donors (Lipinski definition) is 0. The van der Waals surface area contributed by atoms with Crippen LogP contribution in [0.1, 0.15) is 26.7 Å². The van der Waals surface area contributed by atoms with Gasteiger partial charge in [-0.25, -0.2) is 9.13 Å². The minimum atomic E-state index is 0. The lowest BCUT2D eigenvalue weighted by atomic mass is 10.1. The van der Waals surface area contributed by atoms with Crippen LogP contribution in [0.5, 0.6) is 0 Å². The van der Waals surface area contributed by atoms with E-state index >= 15 is 0 Å². The van der Waals surface area contributed by atoms with Gasteiger partial charge in [0.1, 0.15) is 12.4 Å². The summed E-state index contributed by atoms with van der Waals surface area (Å²) in [7, 11) is 2.05. The molecule has 0 aliphatic heterocycles. The zero-order chi connectivity index (χ0) is 8.97. The van der Waals surface area contributed by atoms with Crippen LogP contribution in [0.25, 0.3) is 0 Å². The van der Waals surface area contributed by atoms with Gasteiger partial charge in [0.05, 0.1) is 13.6 Å². The Kier molecular flexibility index (Phi) is 5.80. The number of aromatic nitrogens is 2. The van der Waals surface area contributed by atoms with Crippen LogP contribution < -0.4 is 17.0 Å². The SMILES string of the molecule is CC(C)CCCn1cc[n+](C)c1.[Cl-]. The fraction of sp³-hybridized carbons (Fsp3) is 0.700. The topological polar surface area (TPSA) is 8.81 Å². The van der Waals surface area contributed by atoms with Crippen molar-refractivity contribution in [1.82, 2.24) is 4.57 Å². The van der Waals surface area contributed by atoms with Crippen molar-refractivity contribution in [2.45, 2.75) is 33.2 Å². The first-order valence-electron chi connectivity index (χ1n) is 4.69. The van der Waals surface area contributed by atoms with Gasteiger partial charge in [-0.05, 0) is 18.8 Å². The fourth-order valence-corrected chi connectivity index (χ4v) is 1.32. The summed E-state index contributed by atoms with van der Waals surface area (Å²) in [5.41, 5.74) is 0. The average molecular weight is 203 g/mol. The van der Waals surface area contributed by atoms with Gasteiger partial charge in [-0.1, -0.05) is 13.8 Å². The highest BCUT2D eigenvalue weighted by molar-refractivity contribution is 4.65. The van der Waals surface area contributed by atoms with E-state index in [-0.39, 0.29) is 12.4 Å². The molecule has 0 saturated carbocycles. The van der Waals surface area contributed by atoms with Gasteiger partial charge in [-0.2, -0.15) is 0 Å². The largest absolute Gasteiger partial charge is 1.00 e. The normalized spacial score (nSPS) is 10.2. The van der Waals surface area contributed by atoms with E-state index in [1.165, 1.54) is 12.8 Å². The summed E-state index contributed by atoms with van der Waals surface area (Å²) in [6.07, 6.45) is 8.93. The number of hydrogen-bond acceptors (Lipinski definition) is 0. The molecule has 1 aromatic rings. The zero-order valence-corrected chi connectivity index (χ0v) is 9.46. The molecule has 0 unspecified atom stereocenters. The van der Waals surface area contributed by atoms with Crippen LogP contribution in [-0.2, 0) is 13.6 Å². The quantitative estimate of drug-likeness (QED) is 0.540. The predicted molar refractivity (Wildman–Crippen MR) is 49.7 cm³/mol. The monoisotopic (exact) mass is 202 g/mol. The molecular weight excluding hydrogens is 184 g/mol. The molecule has 1 aromatic heterocycles. The Hall–Kier alpha value is -0.500. The maximum absolute atomic E-state index is 2.27. The van der Waals surface area contributed by atoms with Crippen LogP contribution >= 0.6 is 0 Å². The van der Waals surface area contributed by atoms with Crippen molar-refractivity contribution in [2.75, 3.05) is 0 Å². The van der Waals surface area contributed by atoms with Crippen molar-refractivity contribution >= 4 is 0 Å². The molecule has 2 nitrogen and oxygen atoms in total. The Balaban J connectivity index is 0.00000144. The van der Waals surface area contributed by atoms with Gasteiger partial charge in [0.15, 0.2) is 0 Å². The second kappa shape index (κ2) is 6.03. The second-order valence-corrected chi connectivity index (χ2v) is 3.85. The maximum atomic E-state index is 2.27. The number of aryl methyl sites for hydroxylation is 2. The maximum Gasteiger partial charge on any atom is 0.243 e. The first-order valence-corrected chi connectivity index (χ1v) is 4.69. The zero-order valence-electron chi connectivity index (χ0n) is 8.70. The van der Waals surface area contributed by atoms with Gasteiger partial charge in [-0.3, -0.25) is 0 Å². The average Bonchev–Trinajstić information content (AvgIpc) is 2.35. The third-order valence-corrected chi connectivity index (χ3v) is 2.02. The van der Waals surface area contributed by atoms with Gasteiger partial charge in [0.2, 0.25) is 6.33 Å². The van der Waals surface area contributed by atoms with Crippen molar-refractivity contribution in [3.05, 3.63) is 18.7 Å². The molecule has 1 heterocycles. The van der Waals surface area contributed by atoms with E-state index in [1.807, 2.05) is 0 Å². The first-order chi connectivity index (χ1) is 5.68.